The predicted molar refractivity (Wildman–Crippen MR) is 58.8 cm³/mol. The zero-order valence-electron chi connectivity index (χ0n) is 10.2. The Morgan fingerprint density at radius 3 is 2.62 bits per heavy atom. The average Bonchev–Trinajstić information content (AvgIpc) is 2.35. The molecule has 0 spiro atoms. The second-order valence-corrected chi connectivity index (χ2v) is 6.21. The Bertz CT molecular complexity index is 313. The van der Waals surface area contributed by atoms with Gasteiger partial charge >= 0.3 is 5.97 Å². The molecular formula is C12H20FNO2. The number of hydrogen-bond acceptors (Lipinski definition) is 3. The number of nitrogens with one attached hydrogen (secondary N) is 1. The molecule has 4 heteroatoms. The fraction of sp³-hybridized carbons (Fsp3) is 0.917. The molecule has 3 nitrogen and oxygen atoms in total. The van der Waals surface area contributed by atoms with Gasteiger partial charge in [-0.2, -0.15) is 0 Å². The quantitative estimate of drug-likeness (QED) is 0.697. The van der Waals surface area contributed by atoms with E-state index in [-0.39, 0.29) is 5.97 Å². The minimum absolute atomic E-state index is 0.244. The van der Waals surface area contributed by atoms with Crippen molar-refractivity contribution in [1.82, 2.24) is 5.32 Å². The Hall–Kier alpha value is -0.640. The molecule has 2 unspecified atom stereocenters. The van der Waals surface area contributed by atoms with Gasteiger partial charge in [-0.3, -0.25) is 4.79 Å². The Morgan fingerprint density at radius 1 is 1.31 bits per heavy atom. The van der Waals surface area contributed by atoms with Crippen molar-refractivity contribution in [3.05, 3.63) is 0 Å². The first kappa shape index (κ1) is 11.8. The summed E-state index contributed by atoms with van der Waals surface area (Å²) in [5.74, 6) is -0.244. The number of halogens is 1. The van der Waals surface area contributed by atoms with Gasteiger partial charge < -0.3 is 10.1 Å². The molecule has 0 aromatic heterocycles. The van der Waals surface area contributed by atoms with Gasteiger partial charge in [0.1, 0.15) is 11.3 Å². The molecule has 2 aliphatic rings. The number of piperidine rings is 1. The molecule has 1 heterocycles. The predicted octanol–water partition coefficient (Wildman–Crippen LogP) is 1.81. The first-order chi connectivity index (χ1) is 7.25. The lowest BCUT2D eigenvalue weighted by molar-refractivity contribution is -0.168. The normalized spacial score (nSPS) is 38.5. The van der Waals surface area contributed by atoms with Crippen LogP contribution in [0.5, 0.6) is 0 Å². The van der Waals surface area contributed by atoms with Crippen molar-refractivity contribution in [1.29, 1.82) is 0 Å². The number of hydrogen-bond donors (Lipinski definition) is 1. The van der Waals surface area contributed by atoms with Gasteiger partial charge in [0, 0.05) is 13.1 Å². The number of fused-ring (bicyclic) bond motifs is 2. The maximum Gasteiger partial charge on any atom is 0.314 e. The third-order valence-corrected chi connectivity index (χ3v) is 3.44. The first-order valence-corrected chi connectivity index (χ1v) is 5.88. The van der Waals surface area contributed by atoms with Crippen molar-refractivity contribution >= 4 is 5.97 Å². The van der Waals surface area contributed by atoms with Crippen molar-refractivity contribution < 1.29 is 13.9 Å². The van der Waals surface area contributed by atoms with E-state index in [9.17, 15) is 9.18 Å². The standard InChI is InChI=1S/C12H20FNO2/c1-10(2,3)16-9(15)11-4-5-12(13,6-11)8-14-7-11/h14H,4-8H2,1-3H3. The Morgan fingerprint density at radius 2 is 2.00 bits per heavy atom. The highest BCUT2D eigenvalue weighted by atomic mass is 19.1. The topological polar surface area (TPSA) is 38.3 Å². The second-order valence-electron chi connectivity index (χ2n) is 6.21. The highest BCUT2D eigenvalue weighted by Crippen LogP contribution is 2.49. The molecule has 1 N–H and O–H groups in total. The number of rotatable bonds is 1. The van der Waals surface area contributed by atoms with Crippen LogP contribution in [0.15, 0.2) is 0 Å². The number of esters is 1. The van der Waals surface area contributed by atoms with Gasteiger partial charge in [0.15, 0.2) is 0 Å². The lowest BCUT2D eigenvalue weighted by Crippen LogP contribution is -2.51. The minimum Gasteiger partial charge on any atom is -0.460 e. The molecule has 1 saturated heterocycles. The maximum atomic E-state index is 14.1. The summed E-state index contributed by atoms with van der Waals surface area (Å²) in [7, 11) is 0. The molecule has 2 rings (SSSR count). The second kappa shape index (κ2) is 3.42. The molecule has 0 radical (unpaired) electrons. The SMILES string of the molecule is CC(C)(C)OC(=O)C12CCC(F)(CNC1)C2. The summed E-state index contributed by atoms with van der Waals surface area (Å²) in [4.78, 5) is 12.1. The number of carbonyl (C=O) groups excluding carboxylic acids is 1. The maximum absolute atomic E-state index is 14.1. The lowest BCUT2D eigenvalue weighted by Gasteiger charge is -2.36. The van der Waals surface area contributed by atoms with E-state index in [0.29, 0.717) is 32.4 Å². The Kier molecular flexibility index (Phi) is 2.53. The summed E-state index contributed by atoms with van der Waals surface area (Å²) in [5.41, 5.74) is -2.32. The summed E-state index contributed by atoms with van der Waals surface area (Å²) in [5, 5.41) is 3.02. The summed E-state index contributed by atoms with van der Waals surface area (Å²) < 4.78 is 19.5. The Labute approximate surface area is 95.7 Å². The van der Waals surface area contributed by atoms with Gasteiger partial charge in [0.05, 0.1) is 5.41 Å². The van der Waals surface area contributed by atoms with E-state index < -0.39 is 16.7 Å². The number of ether oxygens (including phenoxy) is 1. The molecule has 1 saturated carbocycles. The summed E-state index contributed by atoms with van der Waals surface area (Å²) in [6.45, 7) is 6.45. The fourth-order valence-electron chi connectivity index (χ4n) is 2.71. The smallest absolute Gasteiger partial charge is 0.314 e. The number of alkyl halides is 1. The highest BCUT2D eigenvalue weighted by molar-refractivity contribution is 5.78. The number of carbonyl (C=O) groups is 1. The summed E-state index contributed by atoms with van der Waals surface area (Å²) in [6.07, 6.45) is 1.40. The fourth-order valence-corrected chi connectivity index (χ4v) is 2.71. The van der Waals surface area contributed by atoms with Gasteiger partial charge in [0.25, 0.3) is 0 Å². The first-order valence-electron chi connectivity index (χ1n) is 5.88. The third-order valence-electron chi connectivity index (χ3n) is 3.44. The molecular weight excluding hydrogens is 209 g/mol. The average molecular weight is 229 g/mol. The third kappa shape index (κ3) is 2.08. The van der Waals surface area contributed by atoms with E-state index >= 15 is 0 Å². The van der Waals surface area contributed by atoms with E-state index in [1.165, 1.54) is 0 Å². The van der Waals surface area contributed by atoms with Crippen molar-refractivity contribution in [2.24, 2.45) is 5.41 Å². The molecule has 2 bridgehead atoms. The molecule has 0 aromatic rings. The molecule has 2 fully saturated rings. The van der Waals surface area contributed by atoms with E-state index in [4.69, 9.17) is 4.74 Å². The summed E-state index contributed by atoms with van der Waals surface area (Å²) >= 11 is 0. The van der Waals surface area contributed by atoms with Crippen LogP contribution in [0, 0.1) is 5.41 Å². The van der Waals surface area contributed by atoms with Crippen molar-refractivity contribution in [3.63, 3.8) is 0 Å². The van der Waals surface area contributed by atoms with Crippen molar-refractivity contribution in [2.45, 2.75) is 51.3 Å². The molecule has 92 valence electrons. The van der Waals surface area contributed by atoms with Crippen LogP contribution in [0.4, 0.5) is 4.39 Å². The van der Waals surface area contributed by atoms with E-state index in [1.807, 2.05) is 20.8 Å². The van der Waals surface area contributed by atoms with Gasteiger partial charge in [0.2, 0.25) is 0 Å². The van der Waals surface area contributed by atoms with E-state index in [0.717, 1.165) is 0 Å². The van der Waals surface area contributed by atoms with Crippen LogP contribution in [0.1, 0.15) is 40.0 Å². The van der Waals surface area contributed by atoms with Crippen LogP contribution in [-0.2, 0) is 9.53 Å². The van der Waals surface area contributed by atoms with E-state index in [2.05, 4.69) is 5.32 Å². The van der Waals surface area contributed by atoms with Crippen LogP contribution in [-0.4, -0.2) is 30.3 Å². The molecule has 0 aromatic carbocycles. The van der Waals surface area contributed by atoms with Crippen LogP contribution < -0.4 is 5.32 Å². The van der Waals surface area contributed by atoms with Gasteiger partial charge in [-0.15, -0.1) is 0 Å². The Balaban J connectivity index is 2.12. The summed E-state index contributed by atoms with van der Waals surface area (Å²) in [6, 6.07) is 0. The molecule has 0 amide bonds. The largest absolute Gasteiger partial charge is 0.460 e. The lowest BCUT2D eigenvalue weighted by atomic mass is 9.82. The van der Waals surface area contributed by atoms with Crippen LogP contribution in [0.3, 0.4) is 0 Å². The molecule has 16 heavy (non-hydrogen) atoms. The van der Waals surface area contributed by atoms with Crippen LogP contribution in [0.25, 0.3) is 0 Å². The molecule has 1 aliphatic carbocycles. The van der Waals surface area contributed by atoms with Gasteiger partial charge in [-0.25, -0.2) is 4.39 Å². The highest BCUT2D eigenvalue weighted by Gasteiger charge is 2.57. The zero-order valence-corrected chi connectivity index (χ0v) is 10.2. The zero-order chi connectivity index (χ0) is 12.0. The van der Waals surface area contributed by atoms with E-state index in [1.54, 1.807) is 0 Å². The molecule has 2 atom stereocenters. The minimum atomic E-state index is -1.20. The van der Waals surface area contributed by atoms with Gasteiger partial charge in [-0.1, -0.05) is 0 Å². The monoisotopic (exact) mass is 229 g/mol. The van der Waals surface area contributed by atoms with Crippen molar-refractivity contribution in [3.8, 4) is 0 Å². The molecule has 1 aliphatic heterocycles. The van der Waals surface area contributed by atoms with Crippen LogP contribution in [0.2, 0.25) is 0 Å². The van der Waals surface area contributed by atoms with Crippen LogP contribution >= 0.6 is 0 Å². The van der Waals surface area contributed by atoms with Crippen molar-refractivity contribution in [2.75, 3.05) is 13.1 Å². The van der Waals surface area contributed by atoms with Gasteiger partial charge in [-0.05, 0) is 40.0 Å².